The lowest BCUT2D eigenvalue weighted by Gasteiger charge is -2.52. The van der Waals surface area contributed by atoms with E-state index in [9.17, 15) is 9.59 Å². The van der Waals surface area contributed by atoms with E-state index in [1.807, 2.05) is 0 Å². The van der Waals surface area contributed by atoms with Crippen molar-refractivity contribution in [1.29, 1.82) is 0 Å². The SMILES string of the molecule is C=C(C(=C)C(=O)OC(C1CCCCCCCCC1)(C1CCCCCCCCC1)C1CCCCCCCCC1)C(=O)OCCC1CO1. The van der Waals surface area contributed by atoms with Gasteiger partial charge in [-0.3, -0.25) is 0 Å². The average Bonchev–Trinajstić information content (AvgIpc) is 3.91. The van der Waals surface area contributed by atoms with Crippen LogP contribution in [0.2, 0.25) is 0 Å². The van der Waals surface area contributed by atoms with Crippen LogP contribution in [0.15, 0.2) is 24.3 Å². The van der Waals surface area contributed by atoms with Gasteiger partial charge in [0, 0.05) is 6.42 Å². The minimum absolute atomic E-state index is 0.0403. The van der Waals surface area contributed by atoms with Gasteiger partial charge >= 0.3 is 11.9 Å². The lowest BCUT2D eigenvalue weighted by Crippen LogP contribution is -2.55. The van der Waals surface area contributed by atoms with E-state index >= 15 is 0 Å². The maximum absolute atomic E-state index is 14.4. The molecule has 0 spiro atoms. The van der Waals surface area contributed by atoms with Gasteiger partial charge in [-0.1, -0.05) is 148 Å². The number of hydrogen-bond donors (Lipinski definition) is 0. The fourth-order valence-electron chi connectivity index (χ4n) is 9.11. The molecule has 0 bridgehead atoms. The van der Waals surface area contributed by atoms with Gasteiger partial charge in [0.2, 0.25) is 0 Å². The fraction of sp³-hybridized carbons (Fsp3) is 0.854. The molecule has 3 saturated carbocycles. The summed E-state index contributed by atoms with van der Waals surface area (Å²) < 4.78 is 18.0. The van der Waals surface area contributed by atoms with E-state index in [1.165, 1.54) is 135 Å². The number of carbonyl (C=O) groups excluding carboxylic acids is 2. The maximum Gasteiger partial charge on any atom is 0.338 e. The predicted molar refractivity (Wildman–Crippen MR) is 188 cm³/mol. The van der Waals surface area contributed by atoms with Crippen molar-refractivity contribution in [3.63, 3.8) is 0 Å². The van der Waals surface area contributed by atoms with Crippen molar-refractivity contribution in [2.24, 2.45) is 17.8 Å². The van der Waals surface area contributed by atoms with E-state index in [1.54, 1.807) is 0 Å². The predicted octanol–water partition coefficient (Wildman–Crippen LogP) is 11.1. The van der Waals surface area contributed by atoms with Crippen molar-refractivity contribution < 1.29 is 23.8 Å². The standard InChI is InChI=1S/C41H68O5/c1-33(39(42)44-31-30-38-32-45-38)34(2)40(43)46-41(35-24-18-12-6-3-7-13-19-25-35,36-26-20-14-8-4-9-15-21-27-36)37-28-22-16-10-5-11-17-23-29-37/h35-38H,1-32H2. The second-order valence-corrected chi connectivity index (χ2v) is 15.3. The smallest absolute Gasteiger partial charge is 0.338 e. The topological polar surface area (TPSA) is 65.1 Å². The van der Waals surface area contributed by atoms with Gasteiger partial charge < -0.3 is 14.2 Å². The Morgan fingerprint density at radius 2 is 0.826 bits per heavy atom. The third-order valence-corrected chi connectivity index (χ3v) is 11.9. The second-order valence-electron chi connectivity index (χ2n) is 15.3. The van der Waals surface area contributed by atoms with Gasteiger partial charge in [-0.05, 0) is 56.3 Å². The Labute approximate surface area is 282 Å². The quantitative estimate of drug-likeness (QED) is 0.103. The second kappa shape index (κ2) is 20.7. The van der Waals surface area contributed by atoms with Crippen LogP contribution in [0.1, 0.15) is 180 Å². The summed E-state index contributed by atoms with van der Waals surface area (Å²) in [6.07, 6.45) is 34.6. The minimum Gasteiger partial charge on any atom is -0.462 e. The highest BCUT2D eigenvalue weighted by molar-refractivity contribution is 6.06. The number of rotatable bonds is 10. The lowest BCUT2D eigenvalue weighted by atomic mass is 9.60. The van der Waals surface area contributed by atoms with Crippen LogP contribution >= 0.6 is 0 Å². The van der Waals surface area contributed by atoms with Crippen LogP contribution in [0, 0.1) is 17.8 Å². The Balaban J connectivity index is 1.68. The molecule has 4 fully saturated rings. The van der Waals surface area contributed by atoms with Gasteiger partial charge in [0.15, 0.2) is 0 Å². The number of ether oxygens (including phenoxy) is 3. The summed E-state index contributed by atoms with van der Waals surface area (Å²) in [5.41, 5.74) is -0.402. The summed E-state index contributed by atoms with van der Waals surface area (Å²) in [4.78, 5) is 27.4. The van der Waals surface area contributed by atoms with Gasteiger partial charge in [-0.15, -0.1) is 0 Å². The van der Waals surface area contributed by atoms with E-state index in [4.69, 9.17) is 14.2 Å². The van der Waals surface area contributed by atoms with Gasteiger partial charge in [-0.25, -0.2) is 9.59 Å². The molecule has 0 N–H and O–H groups in total. The highest BCUT2D eigenvalue weighted by Gasteiger charge is 2.53. The zero-order valence-corrected chi connectivity index (χ0v) is 29.5. The first-order valence-corrected chi connectivity index (χ1v) is 19.9. The van der Waals surface area contributed by atoms with Crippen LogP contribution in [-0.2, 0) is 23.8 Å². The van der Waals surface area contributed by atoms with E-state index in [0.717, 1.165) is 45.1 Å². The molecular formula is C41H68O5. The van der Waals surface area contributed by atoms with E-state index in [2.05, 4.69) is 13.2 Å². The molecule has 4 aliphatic rings. The molecule has 0 amide bonds. The minimum atomic E-state index is -0.565. The molecule has 0 aromatic rings. The summed E-state index contributed by atoms with van der Waals surface area (Å²) in [7, 11) is 0. The monoisotopic (exact) mass is 641 g/mol. The lowest BCUT2D eigenvalue weighted by molar-refractivity contribution is -0.191. The van der Waals surface area contributed by atoms with Crippen LogP contribution in [0.4, 0.5) is 0 Å². The Morgan fingerprint density at radius 3 is 1.15 bits per heavy atom. The van der Waals surface area contributed by atoms with Crippen LogP contribution in [-0.4, -0.2) is 36.9 Å². The fourth-order valence-corrected chi connectivity index (χ4v) is 9.11. The number of esters is 2. The highest BCUT2D eigenvalue weighted by Crippen LogP contribution is 2.51. The average molecular weight is 641 g/mol. The van der Waals surface area contributed by atoms with E-state index in [-0.39, 0.29) is 23.9 Å². The number of hydrogen-bond acceptors (Lipinski definition) is 5. The molecule has 3 aliphatic carbocycles. The van der Waals surface area contributed by atoms with Crippen molar-refractivity contribution in [2.75, 3.05) is 13.2 Å². The zero-order chi connectivity index (χ0) is 32.5. The summed E-state index contributed by atoms with van der Waals surface area (Å²) in [6, 6.07) is 0. The molecule has 5 nitrogen and oxygen atoms in total. The Bertz CT molecular complexity index is 841. The molecule has 1 unspecified atom stereocenters. The molecule has 5 heteroatoms. The van der Waals surface area contributed by atoms with Crippen molar-refractivity contribution in [1.82, 2.24) is 0 Å². The van der Waals surface area contributed by atoms with E-state index < -0.39 is 17.5 Å². The van der Waals surface area contributed by atoms with Crippen molar-refractivity contribution >= 4 is 11.9 Å². The third kappa shape index (κ3) is 11.8. The van der Waals surface area contributed by atoms with Gasteiger partial charge in [0.05, 0.1) is 30.5 Å². The summed E-state index contributed by atoms with van der Waals surface area (Å²) >= 11 is 0. The molecule has 0 aromatic carbocycles. The van der Waals surface area contributed by atoms with Crippen molar-refractivity contribution in [2.45, 2.75) is 191 Å². The molecule has 262 valence electrons. The molecule has 1 aliphatic heterocycles. The van der Waals surface area contributed by atoms with E-state index in [0.29, 0.717) is 24.2 Å². The first-order valence-electron chi connectivity index (χ1n) is 19.9. The van der Waals surface area contributed by atoms with Crippen LogP contribution in [0.3, 0.4) is 0 Å². The molecule has 1 atom stereocenters. The number of carbonyl (C=O) groups is 2. The summed E-state index contributed by atoms with van der Waals surface area (Å²) in [6.45, 7) is 9.13. The number of epoxide rings is 1. The first-order chi connectivity index (χ1) is 22.5. The Kier molecular flexibility index (Phi) is 16.7. The van der Waals surface area contributed by atoms with Crippen LogP contribution in [0.5, 0.6) is 0 Å². The molecule has 46 heavy (non-hydrogen) atoms. The molecule has 0 aromatic heterocycles. The largest absolute Gasteiger partial charge is 0.462 e. The first kappa shape index (κ1) is 37.2. The van der Waals surface area contributed by atoms with Gasteiger partial charge in [0.1, 0.15) is 5.60 Å². The molecular weight excluding hydrogens is 572 g/mol. The normalized spacial score (nSPS) is 24.7. The maximum atomic E-state index is 14.4. The van der Waals surface area contributed by atoms with Gasteiger partial charge in [-0.2, -0.15) is 0 Å². The summed E-state index contributed by atoms with van der Waals surface area (Å²) in [5, 5.41) is 0. The van der Waals surface area contributed by atoms with Crippen LogP contribution in [0.25, 0.3) is 0 Å². The van der Waals surface area contributed by atoms with Crippen molar-refractivity contribution in [3.8, 4) is 0 Å². The molecule has 1 heterocycles. The van der Waals surface area contributed by atoms with Gasteiger partial charge in [0.25, 0.3) is 0 Å². The molecule has 0 radical (unpaired) electrons. The summed E-state index contributed by atoms with van der Waals surface area (Å²) in [5.74, 6) is 0.0500. The molecule has 4 rings (SSSR count). The third-order valence-electron chi connectivity index (χ3n) is 11.9. The molecule has 1 saturated heterocycles. The highest BCUT2D eigenvalue weighted by atomic mass is 16.6. The van der Waals surface area contributed by atoms with Crippen molar-refractivity contribution in [3.05, 3.63) is 24.3 Å². The Morgan fingerprint density at radius 1 is 0.522 bits per heavy atom. The zero-order valence-electron chi connectivity index (χ0n) is 29.5. The Hall–Kier alpha value is -1.62. The van der Waals surface area contributed by atoms with Crippen LogP contribution < -0.4 is 0 Å².